The Balaban J connectivity index is 1.49. The van der Waals surface area contributed by atoms with Crippen molar-refractivity contribution < 1.29 is 0 Å². The zero-order valence-electron chi connectivity index (χ0n) is 13.8. The van der Waals surface area contributed by atoms with Crippen LogP contribution in [0.1, 0.15) is 12.5 Å². The van der Waals surface area contributed by atoms with Crippen molar-refractivity contribution >= 4 is 11.6 Å². The van der Waals surface area contributed by atoms with Gasteiger partial charge in [-0.05, 0) is 29.8 Å². The summed E-state index contributed by atoms with van der Waals surface area (Å²) in [5, 5.41) is 7.65. The predicted molar refractivity (Wildman–Crippen MR) is 95.6 cm³/mol. The van der Waals surface area contributed by atoms with Crippen molar-refractivity contribution in [1.82, 2.24) is 24.8 Å². The molecule has 1 aromatic carbocycles. The number of nitrogens with two attached hydrogens (primary N) is 1. The number of likely N-dealkylation sites (N-methyl/N-ethyl adjacent to an activating group) is 1. The molecule has 0 spiro atoms. The van der Waals surface area contributed by atoms with Gasteiger partial charge >= 0.3 is 0 Å². The standard InChI is InChI=1S/C18H22N6/c1-2-20-15-11-23(12-15)10-13-5-7-14(8-6-13)16-4-3-9-24-17(16)21-18(19)22-24/h3-9,15,20H,2,10-12H2,1H3,(H2,19,22). The molecular weight excluding hydrogens is 300 g/mol. The number of aromatic nitrogens is 3. The van der Waals surface area contributed by atoms with Gasteiger partial charge in [-0.2, -0.15) is 4.98 Å². The predicted octanol–water partition coefficient (Wildman–Crippen LogP) is 1.77. The van der Waals surface area contributed by atoms with Crippen molar-refractivity contribution in [2.24, 2.45) is 0 Å². The molecule has 3 aromatic rings. The second-order valence-corrected chi connectivity index (χ2v) is 6.31. The van der Waals surface area contributed by atoms with Gasteiger partial charge in [0.25, 0.3) is 0 Å². The Bertz CT molecular complexity index is 832. The Morgan fingerprint density at radius 3 is 2.75 bits per heavy atom. The van der Waals surface area contributed by atoms with E-state index < -0.39 is 0 Å². The van der Waals surface area contributed by atoms with Crippen molar-refractivity contribution in [3.8, 4) is 11.1 Å². The monoisotopic (exact) mass is 322 g/mol. The molecule has 2 aromatic heterocycles. The quantitative estimate of drug-likeness (QED) is 0.749. The molecule has 4 rings (SSSR count). The highest BCUT2D eigenvalue weighted by Gasteiger charge is 2.25. The molecule has 24 heavy (non-hydrogen) atoms. The first kappa shape index (κ1) is 15.1. The van der Waals surface area contributed by atoms with Crippen LogP contribution >= 0.6 is 0 Å². The molecule has 6 nitrogen and oxygen atoms in total. The van der Waals surface area contributed by atoms with Crippen LogP contribution in [0.15, 0.2) is 42.6 Å². The van der Waals surface area contributed by atoms with E-state index in [4.69, 9.17) is 5.73 Å². The summed E-state index contributed by atoms with van der Waals surface area (Å²) in [5.41, 5.74) is 10.0. The number of fused-ring (bicyclic) bond motifs is 1. The van der Waals surface area contributed by atoms with Crippen molar-refractivity contribution in [2.45, 2.75) is 19.5 Å². The second-order valence-electron chi connectivity index (χ2n) is 6.31. The molecule has 0 aliphatic carbocycles. The molecule has 1 aliphatic heterocycles. The van der Waals surface area contributed by atoms with Gasteiger partial charge in [0.2, 0.25) is 5.95 Å². The van der Waals surface area contributed by atoms with Gasteiger partial charge in [0, 0.05) is 37.4 Å². The molecule has 0 bridgehead atoms. The molecule has 1 saturated heterocycles. The number of nitrogen functional groups attached to an aromatic ring is 1. The molecule has 0 atom stereocenters. The minimum atomic E-state index is 0.298. The summed E-state index contributed by atoms with van der Waals surface area (Å²) >= 11 is 0. The Hall–Kier alpha value is -2.44. The summed E-state index contributed by atoms with van der Waals surface area (Å²) in [6.45, 7) is 6.48. The lowest BCUT2D eigenvalue weighted by atomic mass is 10.0. The van der Waals surface area contributed by atoms with Crippen LogP contribution in [0.3, 0.4) is 0 Å². The van der Waals surface area contributed by atoms with Crippen LogP contribution in [0.5, 0.6) is 0 Å². The minimum Gasteiger partial charge on any atom is -0.366 e. The van der Waals surface area contributed by atoms with E-state index in [2.05, 4.69) is 57.6 Å². The van der Waals surface area contributed by atoms with Gasteiger partial charge < -0.3 is 11.1 Å². The lowest BCUT2D eigenvalue weighted by Gasteiger charge is -2.39. The summed E-state index contributed by atoms with van der Waals surface area (Å²) in [6, 6.07) is 13.4. The summed E-state index contributed by atoms with van der Waals surface area (Å²) in [4.78, 5) is 6.78. The highest BCUT2D eigenvalue weighted by atomic mass is 15.3. The number of hydrogen-bond donors (Lipinski definition) is 2. The third-order valence-electron chi connectivity index (χ3n) is 4.50. The molecular formula is C18H22N6. The topological polar surface area (TPSA) is 71.5 Å². The molecule has 6 heteroatoms. The van der Waals surface area contributed by atoms with E-state index in [-0.39, 0.29) is 0 Å². The zero-order valence-corrected chi connectivity index (χ0v) is 13.8. The third kappa shape index (κ3) is 2.86. The van der Waals surface area contributed by atoms with Crippen molar-refractivity contribution in [3.63, 3.8) is 0 Å². The van der Waals surface area contributed by atoms with E-state index in [9.17, 15) is 0 Å². The Morgan fingerprint density at radius 2 is 2.00 bits per heavy atom. The highest BCUT2D eigenvalue weighted by molar-refractivity contribution is 5.77. The van der Waals surface area contributed by atoms with Crippen LogP contribution in [0.25, 0.3) is 16.8 Å². The van der Waals surface area contributed by atoms with E-state index in [1.165, 1.54) is 5.56 Å². The number of likely N-dealkylation sites (tertiary alicyclic amines) is 1. The van der Waals surface area contributed by atoms with E-state index in [0.29, 0.717) is 12.0 Å². The lowest BCUT2D eigenvalue weighted by molar-refractivity contribution is 0.120. The number of benzene rings is 1. The molecule has 0 radical (unpaired) electrons. The van der Waals surface area contributed by atoms with E-state index in [1.54, 1.807) is 4.52 Å². The molecule has 0 amide bonds. The normalized spacial score (nSPS) is 15.7. The lowest BCUT2D eigenvalue weighted by Crippen LogP contribution is -2.57. The Labute approximate surface area is 141 Å². The van der Waals surface area contributed by atoms with Crippen molar-refractivity contribution in [1.29, 1.82) is 0 Å². The summed E-state index contributed by atoms with van der Waals surface area (Å²) in [5.74, 6) is 0.298. The average molecular weight is 322 g/mol. The van der Waals surface area contributed by atoms with Crippen molar-refractivity contribution in [3.05, 3.63) is 48.2 Å². The van der Waals surface area contributed by atoms with E-state index in [1.807, 2.05) is 12.3 Å². The van der Waals surface area contributed by atoms with Gasteiger partial charge in [-0.25, -0.2) is 4.52 Å². The SMILES string of the molecule is CCNC1CN(Cc2ccc(-c3cccn4nc(N)nc34)cc2)C1. The fraction of sp³-hybridized carbons (Fsp3) is 0.333. The number of nitrogens with one attached hydrogen (secondary N) is 1. The first-order valence-electron chi connectivity index (χ1n) is 8.39. The molecule has 3 N–H and O–H groups in total. The molecule has 0 saturated carbocycles. The van der Waals surface area contributed by atoms with Crippen LogP contribution in [0.2, 0.25) is 0 Å². The van der Waals surface area contributed by atoms with E-state index in [0.717, 1.165) is 43.0 Å². The van der Waals surface area contributed by atoms with Crippen LogP contribution in [0, 0.1) is 0 Å². The van der Waals surface area contributed by atoms with Gasteiger partial charge in [-0.15, -0.1) is 5.10 Å². The van der Waals surface area contributed by atoms with Crippen LogP contribution in [-0.2, 0) is 6.54 Å². The average Bonchev–Trinajstić information content (AvgIpc) is 2.94. The van der Waals surface area contributed by atoms with Gasteiger partial charge in [-0.3, -0.25) is 4.90 Å². The number of rotatable bonds is 5. The fourth-order valence-electron chi connectivity index (χ4n) is 3.31. The van der Waals surface area contributed by atoms with Crippen LogP contribution in [0.4, 0.5) is 5.95 Å². The fourth-order valence-corrected chi connectivity index (χ4v) is 3.31. The number of pyridine rings is 1. The molecule has 124 valence electrons. The smallest absolute Gasteiger partial charge is 0.240 e. The molecule has 1 aliphatic rings. The van der Waals surface area contributed by atoms with E-state index >= 15 is 0 Å². The third-order valence-corrected chi connectivity index (χ3v) is 4.50. The largest absolute Gasteiger partial charge is 0.366 e. The maximum absolute atomic E-state index is 5.72. The molecule has 1 fully saturated rings. The Kier molecular flexibility index (Phi) is 3.92. The van der Waals surface area contributed by atoms with Gasteiger partial charge in [0.15, 0.2) is 5.65 Å². The number of anilines is 1. The number of hydrogen-bond acceptors (Lipinski definition) is 5. The van der Waals surface area contributed by atoms with Gasteiger partial charge in [-0.1, -0.05) is 31.2 Å². The Morgan fingerprint density at radius 1 is 1.21 bits per heavy atom. The minimum absolute atomic E-state index is 0.298. The first-order valence-corrected chi connectivity index (χ1v) is 8.39. The maximum Gasteiger partial charge on any atom is 0.240 e. The summed E-state index contributed by atoms with van der Waals surface area (Å²) in [7, 11) is 0. The van der Waals surface area contributed by atoms with Crippen molar-refractivity contribution in [2.75, 3.05) is 25.4 Å². The van der Waals surface area contributed by atoms with Crippen LogP contribution in [-0.4, -0.2) is 45.2 Å². The van der Waals surface area contributed by atoms with Gasteiger partial charge in [0.1, 0.15) is 0 Å². The molecule has 3 heterocycles. The summed E-state index contributed by atoms with van der Waals surface area (Å²) in [6.07, 6.45) is 1.86. The maximum atomic E-state index is 5.72. The van der Waals surface area contributed by atoms with Gasteiger partial charge in [0.05, 0.1) is 0 Å². The zero-order chi connectivity index (χ0) is 16.5. The molecule has 0 unspecified atom stereocenters. The number of nitrogens with zero attached hydrogens (tertiary/aromatic N) is 4. The highest BCUT2D eigenvalue weighted by Crippen LogP contribution is 2.25. The second kappa shape index (κ2) is 6.22. The van der Waals surface area contributed by atoms with Crippen LogP contribution < -0.4 is 11.1 Å². The first-order chi connectivity index (χ1) is 11.7. The summed E-state index contributed by atoms with van der Waals surface area (Å²) < 4.78 is 1.72.